The first kappa shape index (κ1) is 26.9. The Morgan fingerprint density at radius 1 is 0.583 bits per heavy atom. The van der Waals surface area contributed by atoms with Gasteiger partial charge in [-0.1, -0.05) is 115 Å². The summed E-state index contributed by atoms with van der Waals surface area (Å²) in [6.45, 7) is 0. The minimum atomic E-state index is -0.323. The molecular weight excluding hydrogens is 592 g/mol. The molecule has 2 unspecified atom stereocenters. The number of aromatic nitrogens is 1. The van der Waals surface area contributed by atoms with Crippen molar-refractivity contribution in [3.63, 3.8) is 0 Å². The number of aliphatic imine (C=N–C) groups is 1. The Bertz CT molecular complexity index is 2710. The fourth-order valence-corrected chi connectivity index (χ4v) is 7.15. The highest BCUT2D eigenvalue weighted by Gasteiger charge is 2.30. The zero-order chi connectivity index (χ0) is 31.6. The summed E-state index contributed by atoms with van der Waals surface area (Å²) in [5, 5.41) is 14.0. The third-order valence-corrected chi connectivity index (χ3v) is 9.41. The number of benzene rings is 6. The van der Waals surface area contributed by atoms with Gasteiger partial charge in [-0.15, -0.1) is 0 Å². The van der Waals surface area contributed by atoms with Gasteiger partial charge in [-0.2, -0.15) is 0 Å². The zero-order valence-electron chi connectivity index (χ0n) is 25.7. The third-order valence-electron chi connectivity index (χ3n) is 9.41. The van der Waals surface area contributed by atoms with Gasteiger partial charge in [0.15, 0.2) is 5.84 Å². The van der Waals surface area contributed by atoms with Crippen LogP contribution in [0.2, 0.25) is 0 Å². The summed E-state index contributed by atoms with van der Waals surface area (Å²) in [4.78, 5) is 10.4. The van der Waals surface area contributed by atoms with Gasteiger partial charge in [0, 0.05) is 33.5 Å². The van der Waals surface area contributed by atoms with E-state index in [0.29, 0.717) is 5.84 Å². The van der Waals surface area contributed by atoms with Crippen LogP contribution in [0.25, 0.3) is 65.8 Å². The van der Waals surface area contributed by atoms with Crippen molar-refractivity contribution in [2.75, 3.05) is 0 Å². The lowest BCUT2D eigenvalue weighted by molar-refractivity contribution is 0.410. The Morgan fingerprint density at radius 3 is 2.15 bits per heavy atom. The second-order valence-corrected chi connectivity index (χ2v) is 12.2. The van der Waals surface area contributed by atoms with Gasteiger partial charge in [0.2, 0.25) is 0 Å². The number of hydrogen-bond donors (Lipinski definition) is 2. The summed E-state index contributed by atoms with van der Waals surface area (Å²) >= 11 is 0. The standard InChI is InChI=1S/C42H28N4O2/c1-2-12-26(13-3-1)40-44-41(31-17-10-20-35-36(31)29-15-6-8-18-33(29)47-35)46-42(45-40)38-37-30-16-7-9-19-34(30)48-39(37)32(24-43-38)28-22-21-25-11-4-5-14-27(25)23-28/h1-24,40-41,44H,(H,45,46). The summed E-state index contributed by atoms with van der Waals surface area (Å²) in [5.41, 5.74) is 8.18. The van der Waals surface area contributed by atoms with Crippen LogP contribution in [0, 0.1) is 0 Å². The van der Waals surface area contributed by atoms with Crippen LogP contribution in [0.5, 0.6) is 0 Å². The average molecular weight is 621 g/mol. The van der Waals surface area contributed by atoms with Gasteiger partial charge >= 0.3 is 0 Å². The minimum absolute atomic E-state index is 0.289. The zero-order valence-corrected chi connectivity index (χ0v) is 25.7. The molecule has 228 valence electrons. The molecule has 0 radical (unpaired) electrons. The molecule has 3 aromatic heterocycles. The van der Waals surface area contributed by atoms with Crippen molar-refractivity contribution >= 4 is 60.5 Å². The van der Waals surface area contributed by atoms with Crippen molar-refractivity contribution in [3.05, 3.63) is 163 Å². The number of fused-ring (bicyclic) bond motifs is 7. The molecule has 0 spiro atoms. The van der Waals surface area contributed by atoms with E-state index in [-0.39, 0.29) is 12.3 Å². The minimum Gasteiger partial charge on any atom is -0.456 e. The van der Waals surface area contributed by atoms with E-state index in [1.54, 1.807) is 0 Å². The van der Waals surface area contributed by atoms with Gasteiger partial charge in [-0.3, -0.25) is 10.3 Å². The van der Waals surface area contributed by atoms with Crippen molar-refractivity contribution in [1.82, 2.24) is 15.6 Å². The number of rotatable bonds is 4. The normalized spacial score (nSPS) is 16.5. The lowest BCUT2D eigenvalue weighted by Crippen LogP contribution is -2.45. The fourth-order valence-electron chi connectivity index (χ4n) is 7.15. The third kappa shape index (κ3) is 4.24. The first-order valence-corrected chi connectivity index (χ1v) is 16.1. The Balaban J connectivity index is 1.19. The molecule has 10 rings (SSSR count). The first-order chi connectivity index (χ1) is 23.8. The number of nitrogens with zero attached hydrogens (tertiary/aromatic N) is 2. The van der Waals surface area contributed by atoms with Gasteiger partial charge in [-0.25, -0.2) is 4.99 Å². The molecule has 0 fully saturated rings. The Labute approximate surface area is 275 Å². The number of nitrogens with one attached hydrogen (secondary N) is 2. The van der Waals surface area contributed by atoms with Crippen LogP contribution in [-0.2, 0) is 0 Å². The van der Waals surface area contributed by atoms with Gasteiger partial charge in [-0.05, 0) is 46.2 Å². The lowest BCUT2D eigenvalue weighted by atomic mass is 9.99. The van der Waals surface area contributed by atoms with Crippen LogP contribution in [0.1, 0.15) is 29.2 Å². The van der Waals surface area contributed by atoms with Crippen LogP contribution in [0.3, 0.4) is 0 Å². The summed E-state index contributed by atoms with van der Waals surface area (Å²) < 4.78 is 12.9. The van der Waals surface area contributed by atoms with E-state index < -0.39 is 0 Å². The van der Waals surface area contributed by atoms with Crippen molar-refractivity contribution < 1.29 is 8.83 Å². The summed E-state index contributed by atoms with van der Waals surface area (Å²) in [6.07, 6.45) is 1.31. The molecule has 0 bridgehead atoms. The van der Waals surface area contributed by atoms with Crippen LogP contribution in [0.15, 0.2) is 160 Å². The molecule has 6 nitrogen and oxygen atoms in total. The monoisotopic (exact) mass is 620 g/mol. The maximum absolute atomic E-state index is 6.65. The summed E-state index contributed by atoms with van der Waals surface area (Å²) in [6, 6.07) is 47.8. The molecule has 2 N–H and O–H groups in total. The molecular formula is C42H28N4O2. The van der Waals surface area contributed by atoms with Crippen molar-refractivity contribution in [2.45, 2.75) is 12.3 Å². The molecule has 0 saturated carbocycles. The largest absolute Gasteiger partial charge is 0.456 e. The molecule has 1 aliphatic rings. The van der Waals surface area contributed by atoms with Crippen molar-refractivity contribution in [3.8, 4) is 11.1 Å². The van der Waals surface area contributed by atoms with Crippen molar-refractivity contribution in [2.24, 2.45) is 4.99 Å². The maximum atomic E-state index is 6.65. The molecule has 6 aromatic carbocycles. The predicted molar refractivity (Wildman–Crippen MR) is 193 cm³/mol. The predicted octanol–water partition coefficient (Wildman–Crippen LogP) is 10.0. The van der Waals surface area contributed by atoms with E-state index in [9.17, 15) is 0 Å². The van der Waals surface area contributed by atoms with Gasteiger partial charge in [0.25, 0.3) is 0 Å². The molecule has 0 amide bonds. The Hall–Kier alpha value is -6.24. The molecule has 48 heavy (non-hydrogen) atoms. The average Bonchev–Trinajstić information content (AvgIpc) is 3.74. The molecule has 0 saturated heterocycles. The number of furan rings is 2. The number of hydrogen-bond acceptors (Lipinski definition) is 6. The maximum Gasteiger partial charge on any atom is 0.151 e. The molecule has 4 heterocycles. The molecule has 9 aromatic rings. The Kier molecular flexibility index (Phi) is 5.98. The quantitative estimate of drug-likeness (QED) is 0.205. The highest BCUT2D eigenvalue weighted by Crippen LogP contribution is 2.40. The number of para-hydroxylation sites is 2. The van der Waals surface area contributed by atoms with Gasteiger partial charge < -0.3 is 14.2 Å². The van der Waals surface area contributed by atoms with Crippen LogP contribution >= 0.6 is 0 Å². The topological polar surface area (TPSA) is 75.6 Å². The summed E-state index contributed by atoms with van der Waals surface area (Å²) in [7, 11) is 0. The van der Waals surface area contributed by atoms with E-state index in [2.05, 4.69) is 89.5 Å². The molecule has 2 atom stereocenters. The number of amidine groups is 1. The lowest BCUT2D eigenvalue weighted by Gasteiger charge is -2.32. The highest BCUT2D eigenvalue weighted by atomic mass is 16.3. The smallest absolute Gasteiger partial charge is 0.151 e. The highest BCUT2D eigenvalue weighted by molar-refractivity contribution is 6.19. The van der Waals surface area contributed by atoms with Crippen LogP contribution in [-0.4, -0.2) is 10.8 Å². The van der Waals surface area contributed by atoms with E-state index in [4.69, 9.17) is 18.8 Å². The van der Waals surface area contributed by atoms with E-state index in [1.165, 1.54) is 10.8 Å². The van der Waals surface area contributed by atoms with Gasteiger partial charge in [0.05, 0.1) is 5.39 Å². The number of pyridine rings is 1. The fraction of sp³-hybridized carbons (Fsp3) is 0.0476. The van der Waals surface area contributed by atoms with Gasteiger partial charge in [0.1, 0.15) is 40.4 Å². The SMILES string of the molecule is c1ccc(C2N=C(c3ncc(-c4ccc5ccccc5c4)c4oc5ccccc5c34)NC(c3cccc4oc5ccccc5c34)N2)cc1. The second kappa shape index (κ2) is 10.7. The van der Waals surface area contributed by atoms with Crippen molar-refractivity contribution in [1.29, 1.82) is 0 Å². The molecule has 6 heteroatoms. The molecule has 0 aliphatic carbocycles. The Morgan fingerprint density at radius 2 is 1.29 bits per heavy atom. The second-order valence-electron chi connectivity index (χ2n) is 12.2. The van der Waals surface area contributed by atoms with E-state index in [0.717, 1.165) is 71.8 Å². The van der Waals surface area contributed by atoms with E-state index >= 15 is 0 Å². The van der Waals surface area contributed by atoms with Crippen LogP contribution in [0.4, 0.5) is 0 Å². The first-order valence-electron chi connectivity index (χ1n) is 16.1. The molecule has 1 aliphatic heterocycles. The summed E-state index contributed by atoms with van der Waals surface area (Å²) in [5.74, 6) is 0.694. The van der Waals surface area contributed by atoms with E-state index in [1.807, 2.05) is 66.9 Å². The van der Waals surface area contributed by atoms with Crippen LogP contribution < -0.4 is 10.6 Å².